The number of hydrogen-bond donors (Lipinski definition) is 1. The highest BCUT2D eigenvalue weighted by molar-refractivity contribution is 4.94. The normalized spacial score (nSPS) is 32.5. The SMILES string of the molecule is COC1(CNC2CCCCC2C(C)C)CCC1. The Morgan fingerprint density at radius 3 is 2.41 bits per heavy atom. The highest BCUT2D eigenvalue weighted by Crippen LogP contribution is 2.36. The fourth-order valence-corrected chi connectivity index (χ4v) is 3.55. The zero-order chi connectivity index (χ0) is 12.3. The molecule has 2 heteroatoms. The lowest BCUT2D eigenvalue weighted by molar-refractivity contribution is -0.0728. The first kappa shape index (κ1) is 13.4. The van der Waals surface area contributed by atoms with Gasteiger partial charge >= 0.3 is 0 Å². The van der Waals surface area contributed by atoms with Crippen molar-refractivity contribution >= 4 is 0 Å². The molecule has 0 bridgehead atoms. The minimum Gasteiger partial charge on any atom is -0.377 e. The third-order valence-electron chi connectivity index (χ3n) is 5.06. The van der Waals surface area contributed by atoms with Crippen molar-refractivity contribution in [1.29, 1.82) is 0 Å². The van der Waals surface area contributed by atoms with Crippen LogP contribution < -0.4 is 5.32 Å². The zero-order valence-corrected chi connectivity index (χ0v) is 11.8. The van der Waals surface area contributed by atoms with Crippen LogP contribution in [-0.2, 0) is 4.74 Å². The van der Waals surface area contributed by atoms with Gasteiger partial charge in [-0.25, -0.2) is 0 Å². The maximum absolute atomic E-state index is 5.70. The van der Waals surface area contributed by atoms with Gasteiger partial charge in [0.05, 0.1) is 5.60 Å². The third kappa shape index (κ3) is 3.03. The molecule has 2 aliphatic carbocycles. The van der Waals surface area contributed by atoms with Crippen LogP contribution in [0.25, 0.3) is 0 Å². The monoisotopic (exact) mass is 239 g/mol. The van der Waals surface area contributed by atoms with E-state index in [1.54, 1.807) is 0 Å². The van der Waals surface area contributed by atoms with Gasteiger partial charge in [-0.3, -0.25) is 0 Å². The van der Waals surface area contributed by atoms with Crippen molar-refractivity contribution in [2.75, 3.05) is 13.7 Å². The van der Waals surface area contributed by atoms with Crippen LogP contribution >= 0.6 is 0 Å². The van der Waals surface area contributed by atoms with Crippen LogP contribution in [0.1, 0.15) is 58.8 Å². The average molecular weight is 239 g/mol. The van der Waals surface area contributed by atoms with Gasteiger partial charge in [0.2, 0.25) is 0 Å². The second-order valence-electron chi connectivity index (χ2n) is 6.42. The molecule has 2 aliphatic rings. The largest absolute Gasteiger partial charge is 0.377 e. The molecule has 0 aromatic rings. The Morgan fingerprint density at radius 2 is 1.88 bits per heavy atom. The van der Waals surface area contributed by atoms with Gasteiger partial charge in [-0.15, -0.1) is 0 Å². The van der Waals surface area contributed by atoms with Gasteiger partial charge in [0.25, 0.3) is 0 Å². The molecule has 2 fully saturated rings. The molecule has 2 unspecified atom stereocenters. The maximum Gasteiger partial charge on any atom is 0.0802 e. The summed E-state index contributed by atoms with van der Waals surface area (Å²) < 4.78 is 5.70. The average Bonchev–Trinajstić information content (AvgIpc) is 2.28. The summed E-state index contributed by atoms with van der Waals surface area (Å²) in [6.07, 6.45) is 9.44. The van der Waals surface area contributed by atoms with Crippen LogP contribution in [0.2, 0.25) is 0 Å². The van der Waals surface area contributed by atoms with Gasteiger partial charge in [-0.05, 0) is 43.9 Å². The van der Waals surface area contributed by atoms with Gasteiger partial charge in [-0.1, -0.05) is 26.7 Å². The molecule has 2 nitrogen and oxygen atoms in total. The van der Waals surface area contributed by atoms with Gasteiger partial charge in [0.1, 0.15) is 0 Å². The Labute approximate surface area is 107 Å². The Morgan fingerprint density at radius 1 is 1.18 bits per heavy atom. The number of ether oxygens (including phenoxy) is 1. The quantitative estimate of drug-likeness (QED) is 0.794. The molecular formula is C15H29NO. The Balaban J connectivity index is 1.83. The lowest BCUT2D eigenvalue weighted by Gasteiger charge is -2.43. The highest BCUT2D eigenvalue weighted by atomic mass is 16.5. The van der Waals surface area contributed by atoms with E-state index in [2.05, 4.69) is 19.2 Å². The molecule has 0 radical (unpaired) electrons. The molecule has 100 valence electrons. The van der Waals surface area contributed by atoms with E-state index >= 15 is 0 Å². The Kier molecular flexibility index (Phi) is 4.48. The van der Waals surface area contributed by atoms with Crippen molar-refractivity contribution in [3.05, 3.63) is 0 Å². The van der Waals surface area contributed by atoms with Crippen molar-refractivity contribution in [3.63, 3.8) is 0 Å². The summed E-state index contributed by atoms with van der Waals surface area (Å²) in [6, 6.07) is 0.733. The molecule has 0 saturated heterocycles. The molecule has 0 aromatic heterocycles. The minimum atomic E-state index is 0.180. The lowest BCUT2D eigenvalue weighted by Crippen LogP contribution is -2.52. The van der Waals surface area contributed by atoms with Gasteiger partial charge in [0, 0.05) is 19.7 Å². The minimum absolute atomic E-state index is 0.180. The fraction of sp³-hybridized carbons (Fsp3) is 1.00. The zero-order valence-electron chi connectivity index (χ0n) is 11.8. The predicted octanol–water partition coefficient (Wildman–Crippen LogP) is 3.36. The van der Waals surface area contributed by atoms with Crippen LogP contribution in [0.15, 0.2) is 0 Å². The van der Waals surface area contributed by atoms with E-state index in [1.807, 2.05) is 7.11 Å². The van der Waals surface area contributed by atoms with Crippen molar-refractivity contribution < 1.29 is 4.74 Å². The maximum atomic E-state index is 5.70. The van der Waals surface area contributed by atoms with Gasteiger partial charge in [0.15, 0.2) is 0 Å². The second-order valence-corrected chi connectivity index (χ2v) is 6.42. The summed E-state index contributed by atoms with van der Waals surface area (Å²) in [5.74, 6) is 1.69. The van der Waals surface area contributed by atoms with E-state index in [0.717, 1.165) is 24.4 Å². The van der Waals surface area contributed by atoms with E-state index < -0.39 is 0 Å². The molecule has 0 aromatic carbocycles. The van der Waals surface area contributed by atoms with Crippen LogP contribution in [0, 0.1) is 11.8 Å². The molecule has 0 spiro atoms. The number of nitrogens with one attached hydrogen (secondary N) is 1. The number of rotatable bonds is 5. The summed E-state index contributed by atoms with van der Waals surface area (Å²) in [5.41, 5.74) is 0.180. The first-order valence-electron chi connectivity index (χ1n) is 7.45. The lowest BCUT2D eigenvalue weighted by atomic mass is 9.76. The predicted molar refractivity (Wildman–Crippen MR) is 72.2 cm³/mol. The summed E-state index contributed by atoms with van der Waals surface area (Å²) in [7, 11) is 1.88. The molecule has 1 N–H and O–H groups in total. The third-order valence-corrected chi connectivity index (χ3v) is 5.06. The second kappa shape index (κ2) is 5.71. The summed E-state index contributed by atoms with van der Waals surface area (Å²) in [4.78, 5) is 0. The highest BCUT2D eigenvalue weighted by Gasteiger charge is 2.38. The van der Waals surface area contributed by atoms with E-state index in [-0.39, 0.29) is 5.60 Å². The molecule has 2 rings (SSSR count). The first-order valence-corrected chi connectivity index (χ1v) is 7.45. The van der Waals surface area contributed by atoms with Crippen molar-refractivity contribution in [2.24, 2.45) is 11.8 Å². The standard InChI is InChI=1S/C15H29NO/c1-12(2)13-7-4-5-8-14(13)16-11-15(17-3)9-6-10-15/h12-14,16H,4-11H2,1-3H3. The summed E-state index contributed by atoms with van der Waals surface area (Å²) in [5, 5.41) is 3.82. The van der Waals surface area contributed by atoms with E-state index in [0.29, 0.717) is 0 Å². The van der Waals surface area contributed by atoms with Crippen molar-refractivity contribution in [2.45, 2.75) is 70.4 Å². The van der Waals surface area contributed by atoms with E-state index in [9.17, 15) is 0 Å². The Bertz CT molecular complexity index is 230. The smallest absolute Gasteiger partial charge is 0.0802 e. The van der Waals surface area contributed by atoms with Crippen LogP contribution in [0.5, 0.6) is 0 Å². The number of methoxy groups -OCH3 is 1. The van der Waals surface area contributed by atoms with Gasteiger partial charge < -0.3 is 10.1 Å². The molecule has 2 atom stereocenters. The number of hydrogen-bond acceptors (Lipinski definition) is 2. The molecule has 17 heavy (non-hydrogen) atoms. The van der Waals surface area contributed by atoms with Crippen LogP contribution in [0.3, 0.4) is 0 Å². The molecule has 0 aliphatic heterocycles. The summed E-state index contributed by atoms with van der Waals surface area (Å²) in [6.45, 7) is 5.82. The Hall–Kier alpha value is -0.0800. The fourth-order valence-electron chi connectivity index (χ4n) is 3.55. The molecule has 0 heterocycles. The first-order chi connectivity index (χ1) is 8.17. The van der Waals surface area contributed by atoms with E-state index in [1.165, 1.54) is 44.9 Å². The van der Waals surface area contributed by atoms with Gasteiger partial charge in [-0.2, -0.15) is 0 Å². The van der Waals surface area contributed by atoms with Crippen molar-refractivity contribution in [3.8, 4) is 0 Å². The topological polar surface area (TPSA) is 21.3 Å². The van der Waals surface area contributed by atoms with E-state index in [4.69, 9.17) is 4.74 Å². The molecule has 2 saturated carbocycles. The van der Waals surface area contributed by atoms with Crippen LogP contribution in [-0.4, -0.2) is 25.3 Å². The molecule has 0 amide bonds. The van der Waals surface area contributed by atoms with Crippen LogP contribution in [0.4, 0.5) is 0 Å². The van der Waals surface area contributed by atoms with Crippen molar-refractivity contribution in [1.82, 2.24) is 5.32 Å². The summed E-state index contributed by atoms with van der Waals surface area (Å²) >= 11 is 0. The molecular weight excluding hydrogens is 210 g/mol.